The van der Waals surface area contributed by atoms with E-state index in [1.807, 2.05) is 0 Å². The van der Waals surface area contributed by atoms with E-state index in [9.17, 15) is 13.6 Å². The predicted molar refractivity (Wildman–Crippen MR) is 57.4 cm³/mol. The molecule has 0 aliphatic rings. The Bertz CT molecular complexity index is 410. The van der Waals surface area contributed by atoms with Gasteiger partial charge in [0, 0.05) is 21.9 Å². The van der Waals surface area contributed by atoms with Crippen LogP contribution in [0.2, 0.25) is 0 Å². The molecule has 0 unspecified atom stereocenters. The second kappa shape index (κ2) is 5.34. The summed E-state index contributed by atoms with van der Waals surface area (Å²) in [6, 6.07) is 0. The maximum atomic E-state index is 12.8. The summed E-state index contributed by atoms with van der Waals surface area (Å²) in [5.74, 6) is -0.565. The summed E-state index contributed by atoms with van der Waals surface area (Å²) < 4.78 is 30.3. The van der Waals surface area contributed by atoms with E-state index in [2.05, 4.69) is 25.7 Å². The molecular formula is C10H10BrF2NO2. The maximum absolute atomic E-state index is 12.8. The van der Waals surface area contributed by atoms with E-state index < -0.39 is 12.4 Å². The molecule has 0 amide bonds. The van der Waals surface area contributed by atoms with Crippen molar-refractivity contribution in [2.75, 3.05) is 7.11 Å². The first-order chi connectivity index (χ1) is 7.47. The molecule has 0 saturated carbocycles. The van der Waals surface area contributed by atoms with Gasteiger partial charge in [0.25, 0.3) is 6.43 Å². The first-order valence-corrected chi connectivity index (χ1v) is 5.25. The molecule has 0 aliphatic heterocycles. The van der Waals surface area contributed by atoms with Crippen molar-refractivity contribution in [1.82, 2.24) is 4.98 Å². The number of hydrogen-bond acceptors (Lipinski definition) is 3. The molecule has 1 aromatic heterocycles. The first-order valence-electron chi connectivity index (χ1n) is 4.46. The molecule has 0 atom stereocenters. The number of carbonyl (C=O) groups excluding carboxylic acids is 1. The lowest BCUT2D eigenvalue weighted by atomic mass is 10.0. The maximum Gasteiger partial charge on any atom is 0.310 e. The quantitative estimate of drug-likeness (QED) is 0.805. The van der Waals surface area contributed by atoms with E-state index in [0.717, 1.165) is 0 Å². The lowest BCUT2D eigenvalue weighted by molar-refractivity contribution is -0.139. The van der Waals surface area contributed by atoms with Crippen molar-refractivity contribution in [3.63, 3.8) is 0 Å². The molecule has 0 radical (unpaired) electrons. The lowest BCUT2D eigenvalue weighted by Gasteiger charge is -2.12. The Balaban J connectivity index is 3.23. The topological polar surface area (TPSA) is 39.2 Å². The fraction of sp³-hybridized carbons (Fsp3) is 0.400. The van der Waals surface area contributed by atoms with Gasteiger partial charge in [0.1, 0.15) is 0 Å². The van der Waals surface area contributed by atoms with Crippen molar-refractivity contribution in [1.29, 1.82) is 0 Å². The van der Waals surface area contributed by atoms with Crippen molar-refractivity contribution < 1.29 is 18.3 Å². The highest BCUT2D eigenvalue weighted by Gasteiger charge is 2.21. The summed E-state index contributed by atoms with van der Waals surface area (Å²) in [7, 11) is 1.21. The van der Waals surface area contributed by atoms with Gasteiger partial charge in [-0.2, -0.15) is 0 Å². The van der Waals surface area contributed by atoms with Crippen LogP contribution in [-0.2, 0) is 16.0 Å². The second-order valence-corrected chi connectivity index (χ2v) is 3.99. The third kappa shape index (κ3) is 2.75. The first kappa shape index (κ1) is 13.0. The SMILES string of the molecule is COC(=O)Cc1c(C)ncc(Br)c1C(F)F. The summed E-state index contributed by atoms with van der Waals surface area (Å²) in [6.07, 6.45) is -1.55. The number of nitrogens with zero attached hydrogens (tertiary/aromatic N) is 1. The third-order valence-corrected chi connectivity index (χ3v) is 2.79. The number of methoxy groups -OCH3 is 1. The van der Waals surface area contributed by atoms with Gasteiger partial charge < -0.3 is 4.74 Å². The number of rotatable bonds is 3. The molecule has 0 saturated heterocycles. The van der Waals surface area contributed by atoms with Crippen molar-refractivity contribution in [3.05, 3.63) is 27.5 Å². The molecule has 0 aromatic carbocycles. The summed E-state index contributed by atoms with van der Waals surface area (Å²) >= 11 is 3.00. The Labute approximate surface area is 99.9 Å². The van der Waals surface area contributed by atoms with Gasteiger partial charge in [-0.25, -0.2) is 8.78 Å². The number of aromatic nitrogens is 1. The summed E-state index contributed by atoms with van der Waals surface area (Å²) in [5.41, 5.74) is 0.429. The number of ether oxygens (including phenoxy) is 1. The Kier molecular flexibility index (Phi) is 4.35. The van der Waals surface area contributed by atoms with E-state index in [1.54, 1.807) is 6.92 Å². The van der Waals surface area contributed by atoms with Crippen LogP contribution < -0.4 is 0 Å². The summed E-state index contributed by atoms with van der Waals surface area (Å²) in [5, 5.41) is 0. The molecule has 1 heterocycles. The molecule has 0 aliphatic carbocycles. The smallest absolute Gasteiger partial charge is 0.310 e. The Morgan fingerprint density at radius 1 is 1.62 bits per heavy atom. The van der Waals surface area contributed by atoms with Crippen LogP contribution in [-0.4, -0.2) is 18.1 Å². The molecule has 0 fully saturated rings. The minimum absolute atomic E-state index is 0.196. The van der Waals surface area contributed by atoms with Crippen LogP contribution in [0.25, 0.3) is 0 Å². The van der Waals surface area contributed by atoms with Crippen LogP contribution in [0, 0.1) is 6.92 Å². The Morgan fingerprint density at radius 3 is 2.75 bits per heavy atom. The molecule has 88 valence electrons. The molecule has 3 nitrogen and oxygen atoms in total. The molecular weight excluding hydrogens is 284 g/mol. The van der Waals surface area contributed by atoms with Gasteiger partial charge >= 0.3 is 5.97 Å². The van der Waals surface area contributed by atoms with Crippen LogP contribution >= 0.6 is 15.9 Å². The van der Waals surface area contributed by atoms with Gasteiger partial charge in [0.05, 0.1) is 13.5 Å². The van der Waals surface area contributed by atoms with Gasteiger partial charge in [0.2, 0.25) is 0 Å². The highest BCUT2D eigenvalue weighted by Crippen LogP contribution is 2.31. The summed E-state index contributed by atoms with van der Waals surface area (Å²) in [4.78, 5) is 15.0. The zero-order valence-corrected chi connectivity index (χ0v) is 10.3. The Hall–Kier alpha value is -1.04. The largest absolute Gasteiger partial charge is 0.469 e. The van der Waals surface area contributed by atoms with Gasteiger partial charge in [-0.1, -0.05) is 0 Å². The highest BCUT2D eigenvalue weighted by molar-refractivity contribution is 9.10. The van der Waals surface area contributed by atoms with Crippen LogP contribution in [0.5, 0.6) is 0 Å². The second-order valence-electron chi connectivity index (χ2n) is 3.14. The van der Waals surface area contributed by atoms with Crippen molar-refractivity contribution in [2.24, 2.45) is 0 Å². The monoisotopic (exact) mass is 293 g/mol. The normalized spacial score (nSPS) is 10.6. The van der Waals surface area contributed by atoms with E-state index in [0.29, 0.717) is 5.69 Å². The van der Waals surface area contributed by atoms with Crippen LogP contribution in [0.4, 0.5) is 8.78 Å². The number of pyridine rings is 1. The van der Waals surface area contributed by atoms with Crippen LogP contribution in [0.3, 0.4) is 0 Å². The molecule has 6 heteroatoms. The van der Waals surface area contributed by atoms with Crippen LogP contribution in [0.15, 0.2) is 10.7 Å². The lowest BCUT2D eigenvalue weighted by Crippen LogP contribution is -2.10. The Morgan fingerprint density at radius 2 is 2.25 bits per heavy atom. The van der Waals surface area contributed by atoms with E-state index in [4.69, 9.17) is 0 Å². The average molecular weight is 294 g/mol. The molecule has 0 N–H and O–H groups in total. The summed E-state index contributed by atoms with van der Waals surface area (Å²) in [6.45, 7) is 1.58. The fourth-order valence-corrected chi connectivity index (χ4v) is 1.83. The third-order valence-electron chi connectivity index (χ3n) is 2.16. The minimum atomic E-state index is -2.66. The standard InChI is InChI=1S/C10H10BrF2NO2/c1-5-6(3-8(15)16-2)9(10(12)13)7(11)4-14-5/h4,10H,3H2,1-2H3. The molecule has 1 rings (SSSR count). The van der Waals surface area contributed by atoms with E-state index in [-0.39, 0.29) is 22.0 Å². The van der Waals surface area contributed by atoms with Gasteiger partial charge in [0.15, 0.2) is 0 Å². The molecule has 0 spiro atoms. The van der Waals surface area contributed by atoms with E-state index in [1.165, 1.54) is 13.3 Å². The van der Waals surface area contributed by atoms with Gasteiger partial charge in [-0.15, -0.1) is 0 Å². The molecule has 16 heavy (non-hydrogen) atoms. The van der Waals surface area contributed by atoms with Crippen LogP contribution in [0.1, 0.15) is 23.2 Å². The van der Waals surface area contributed by atoms with Crippen molar-refractivity contribution in [2.45, 2.75) is 19.8 Å². The minimum Gasteiger partial charge on any atom is -0.469 e. The molecule has 1 aromatic rings. The number of aryl methyl sites for hydroxylation is 1. The number of halogens is 3. The highest BCUT2D eigenvalue weighted by atomic mass is 79.9. The molecule has 0 bridgehead atoms. The zero-order valence-electron chi connectivity index (χ0n) is 8.76. The number of hydrogen-bond donors (Lipinski definition) is 0. The van der Waals surface area contributed by atoms with Gasteiger partial charge in [-0.3, -0.25) is 9.78 Å². The predicted octanol–water partition coefficient (Wildman–Crippen LogP) is 2.81. The fourth-order valence-electron chi connectivity index (χ4n) is 1.32. The van der Waals surface area contributed by atoms with Gasteiger partial charge in [-0.05, 0) is 28.4 Å². The number of alkyl halides is 2. The number of carbonyl (C=O) groups is 1. The zero-order chi connectivity index (χ0) is 12.3. The average Bonchev–Trinajstić information content (AvgIpc) is 2.22. The van der Waals surface area contributed by atoms with Crippen molar-refractivity contribution >= 4 is 21.9 Å². The van der Waals surface area contributed by atoms with E-state index >= 15 is 0 Å². The van der Waals surface area contributed by atoms with Crippen molar-refractivity contribution in [3.8, 4) is 0 Å². The number of esters is 1.